The topological polar surface area (TPSA) is 50.2 Å². The van der Waals surface area contributed by atoms with Gasteiger partial charge in [-0.05, 0) is 56.7 Å². The normalized spacial score (nSPS) is 19.6. The Kier molecular flexibility index (Phi) is 6.10. The molecule has 0 unspecified atom stereocenters. The minimum absolute atomic E-state index is 0.0523. The maximum Gasteiger partial charge on any atom is 0.272 e. The third-order valence-corrected chi connectivity index (χ3v) is 6.28. The Labute approximate surface area is 168 Å². The first-order valence-electron chi connectivity index (χ1n) is 10.8. The second kappa shape index (κ2) is 8.91. The van der Waals surface area contributed by atoms with Crippen molar-refractivity contribution in [2.45, 2.75) is 57.9 Å². The van der Waals surface area contributed by atoms with Gasteiger partial charge in [0, 0.05) is 31.4 Å². The molecule has 5 heteroatoms. The highest BCUT2D eigenvalue weighted by Crippen LogP contribution is 2.25. The molecule has 5 nitrogen and oxygen atoms in total. The smallest absolute Gasteiger partial charge is 0.272 e. The zero-order valence-electron chi connectivity index (χ0n) is 16.9. The number of benzene rings is 1. The number of carbonyl (C=O) groups is 1. The molecule has 0 bridgehead atoms. The van der Waals surface area contributed by atoms with Gasteiger partial charge in [0.2, 0.25) is 0 Å². The second-order valence-electron chi connectivity index (χ2n) is 8.47. The highest BCUT2D eigenvalue weighted by Gasteiger charge is 2.24. The van der Waals surface area contributed by atoms with Gasteiger partial charge < -0.3 is 10.2 Å². The van der Waals surface area contributed by atoms with Crippen LogP contribution in [0.3, 0.4) is 0 Å². The predicted molar refractivity (Wildman–Crippen MR) is 112 cm³/mol. The molecule has 0 atom stereocenters. The highest BCUT2D eigenvalue weighted by molar-refractivity contribution is 5.92. The van der Waals surface area contributed by atoms with E-state index in [2.05, 4.69) is 15.3 Å². The fourth-order valence-electron chi connectivity index (χ4n) is 4.67. The lowest BCUT2D eigenvalue weighted by molar-refractivity contribution is 0.0896. The summed E-state index contributed by atoms with van der Waals surface area (Å²) in [5.74, 6) is 0.841. The van der Waals surface area contributed by atoms with E-state index in [1.54, 1.807) is 0 Å². The fraction of sp³-hybridized carbons (Fsp3) is 0.565. The van der Waals surface area contributed by atoms with Crippen molar-refractivity contribution in [2.24, 2.45) is 5.92 Å². The van der Waals surface area contributed by atoms with Gasteiger partial charge in [-0.1, -0.05) is 37.5 Å². The molecule has 1 N–H and O–H groups in total. The Bertz CT molecular complexity index is 771. The summed E-state index contributed by atoms with van der Waals surface area (Å²) in [4.78, 5) is 15.3. The molecule has 0 spiro atoms. The van der Waals surface area contributed by atoms with Gasteiger partial charge in [-0.3, -0.25) is 4.79 Å². The van der Waals surface area contributed by atoms with Crippen LogP contribution in [0.1, 0.15) is 61.1 Å². The van der Waals surface area contributed by atoms with Crippen molar-refractivity contribution in [3.8, 4) is 5.69 Å². The first kappa shape index (κ1) is 19.2. The van der Waals surface area contributed by atoms with E-state index in [1.165, 1.54) is 38.6 Å². The van der Waals surface area contributed by atoms with E-state index in [9.17, 15) is 4.79 Å². The van der Waals surface area contributed by atoms with Gasteiger partial charge in [-0.2, -0.15) is 5.10 Å². The standard InChI is InChI=1S/C23H32N4O/c1-18-16-22(25-27(18)21-10-6-3-7-11-21)23(28)24-20-12-14-26(15-13-20)17-19-8-4-2-5-9-19/h3,6-7,10-11,16,19-20H,2,4-5,8-9,12-15,17H2,1H3,(H,24,28). The van der Waals surface area contributed by atoms with E-state index in [-0.39, 0.29) is 11.9 Å². The summed E-state index contributed by atoms with van der Waals surface area (Å²) in [7, 11) is 0. The average molecular weight is 381 g/mol. The molecule has 0 radical (unpaired) electrons. The third kappa shape index (κ3) is 4.64. The summed E-state index contributed by atoms with van der Waals surface area (Å²) >= 11 is 0. The molecule has 1 aromatic carbocycles. The largest absolute Gasteiger partial charge is 0.348 e. The van der Waals surface area contributed by atoms with Gasteiger partial charge in [0.05, 0.1) is 5.69 Å². The Morgan fingerprint density at radius 2 is 1.79 bits per heavy atom. The van der Waals surface area contributed by atoms with Crippen molar-refractivity contribution in [1.29, 1.82) is 0 Å². The monoisotopic (exact) mass is 380 g/mol. The number of piperidine rings is 1. The summed E-state index contributed by atoms with van der Waals surface area (Å²) < 4.78 is 1.84. The number of nitrogens with one attached hydrogen (secondary N) is 1. The molecule has 4 rings (SSSR count). The molecule has 2 fully saturated rings. The van der Waals surface area contributed by atoms with Crippen LogP contribution in [0, 0.1) is 12.8 Å². The third-order valence-electron chi connectivity index (χ3n) is 6.28. The average Bonchev–Trinajstić information content (AvgIpc) is 3.13. The van der Waals surface area contributed by atoms with Crippen molar-refractivity contribution in [1.82, 2.24) is 20.0 Å². The second-order valence-corrected chi connectivity index (χ2v) is 8.47. The van der Waals surface area contributed by atoms with Crippen LogP contribution in [0.15, 0.2) is 36.4 Å². The number of amides is 1. The molecule has 2 heterocycles. The van der Waals surface area contributed by atoms with Crippen molar-refractivity contribution in [3.05, 3.63) is 47.8 Å². The maximum absolute atomic E-state index is 12.7. The summed E-state index contributed by atoms with van der Waals surface area (Å²) in [6.07, 6.45) is 9.12. The predicted octanol–water partition coefficient (Wildman–Crippen LogP) is 3.96. The number of carbonyl (C=O) groups excluding carboxylic acids is 1. The molecular weight excluding hydrogens is 348 g/mol. The van der Waals surface area contributed by atoms with Crippen LogP contribution >= 0.6 is 0 Å². The van der Waals surface area contributed by atoms with Crippen molar-refractivity contribution in [3.63, 3.8) is 0 Å². The number of aryl methyl sites for hydroxylation is 1. The Hall–Kier alpha value is -2.14. The molecule has 1 saturated carbocycles. The number of aromatic nitrogens is 2. The van der Waals surface area contributed by atoms with Gasteiger partial charge in [-0.25, -0.2) is 4.68 Å². The molecule has 1 aromatic heterocycles. The van der Waals surface area contributed by atoms with Crippen LogP contribution in [0.5, 0.6) is 0 Å². The van der Waals surface area contributed by atoms with Crippen molar-refractivity contribution in [2.75, 3.05) is 19.6 Å². The lowest BCUT2D eigenvalue weighted by Gasteiger charge is -2.35. The van der Waals surface area contributed by atoms with Gasteiger partial charge in [-0.15, -0.1) is 0 Å². The van der Waals surface area contributed by atoms with E-state index in [0.717, 1.165) is 43.2 Å². The number of rotatable bonds is 5. The highest BCUT2D eigenvalue weighted by atomic mass is 16.2. The van der Waals surface area contributed by atoms with Crippen LogP contribution < -0.4 is 5.32 Å². The number of hydrogen-bond acceptors (Lipinski definition) is 3. The molecule has 2 aliphatic rings. The number of hydrogen-bond donors (Lipinski definition) is 1. The van der Waals surface area contributed by atoms with Crippen LogP contribution in [-0.2, 0) is 0 Å². The quantitative estimate of drug-likeness (QED) is 0.854. The number of likely N-dealkylation sites (tertiary alicyclic amines) is 1. The van der Waals surface area contributed by atoms with E-state index in [1.807, 2.05) is 48.0 Å². The summed E-state index contributed by atoms with van der Waals surface area (Å²) in [5.41, 5.74) is 2.46. The Morgan fingerprint density at radius 1 is 1.07 bits per heavy atom. The zero-order valence-corrected chi connectivity index (χ0v) is 16.9. The summed E-state index contributed by atoms with van der Waals surface area (Å²) in [5, 5.41) is 7.74. The van der Waals surface area contributed by atoms with Crippen molar-refractivity contribution < 1.29 is 4.79 Å². The molecule has 150 valence electrons. The summed E-state index contributed by atoms with van der Waals surface area (Å²) in [6.45, 7) is 5.43. The SMILES string of the molecule is Cc1cc(C(=O)NC2CCN(CC3CCCCC3)CC2)nn1-c1ccccc1. The number of para-hydroxylation sites is 1. The van der Waals surface area contributed by atoms with E-state index in [0.29, 0.717) is 5.69 Å². The minimum Gasteiger partial charge on any atom is -0.348 e. The van der Waals surface area contributed by atoms with Crippen LogP contribution in [-0.4, -0.2) is 46.3 Å². The first-order chi connectivity index (χ1) is 13.7. The molecule has 1 saturated heterocycles. The van der Waals surface area contributed by atoms with Gasteiger partial charge in [0.15, 0.2) is 5.69 Å². The van der Waals surface area contributed by atoms with Crippen LogP contribution in [0.25, 0.3) is 5.69 Å². The van der Waals surface area contributed by atoms with E-state index in [4.69, 9.17) is 0 Å². The maximum atomic E-state index is 12.7. The molecule has 28 heavy (non-hydrogen) atoms. The molecular formula is C23H32N4O. The fourth-order valence-corrected chi connectivity index (χ4v) is 4.67. The lowest BCUT2D eigenvalue weighted by Crippen LogP contribution is -2.46. The molecule has 1 amide bonds. The molecule has 2 aromatic rings. The van der Waals surface area contributed by atoms with E-state index < -0.39 is 0 Å². The van der Waals surface area contributed by atoms with Gasteiger partial charge in [0.1, 0.15) is 0 Å². The van der Waals surface area contributed by atoms with Gasteiger partial charge in [0.25, 0.3) is 5.91 Å². The van der Waals surface area contributed by atoms with Crippen molar-refractivity contribution >= 4 is 5.91 Å². The summed E-state index contributed by atoms with van der Waals surface area (Å²) in [6, 6.07) is 12.1. The first-order valence-corrected chi connectivity index (χ1v) is 10.8. The molecule has 1 aliphatic heterocycles. The zero-order chi connectivity index (χ0) is 19.3. The molecule has 1 aliphatic carbocycles. The minimum atomic E-state index is -0.0523. The van der Waals surface area contributed by atoms with Gasteiger partial charge >= 0.3 is 0 Å². The number of nitrogens with zero attached hydrogens (tertiary/aromatic N) is 3. The Morgan fingerprint density at radius 3 is 2.50 bits per heavy atom. The van der Waals surface area contributed by atoms with E-state index >= 15 is 0 Å². The van der Waals surface area contributed by atoms with Crippen LogP contribution in [0.2, 0.25) is 0 Å². The van der Waals surface area contributed by atoms with Crippen LogP contribution in [0.4, 0.5) is 0 Å². The Balaban J connectivity index is 1.29. The lowest BCUT2D eigenvalue weighted by atomic mass is 9.88.